The molecule has 7 heteroatoms. The minimum atomic E-state index is -0.453. The molecule has 0 aromatic rings. The molecule has 2 rings (SSSR count). The monoisotopic (exact) mass is 396 g/mol. The molecule has 0 aromatic heterocycles. The summed E-state index contributed by atoms with van der Waals surface area (Å²) in [4.78, 5) is 21.8. The van der Waals surface area contributed by atoms with Crippen molar-refractivity contribution in [2.45, 2.75) is 71.9 Å². The molecule has 1 saturated heterocycles. The van der Waals surface area contributed by atoms with Crippen molar-refractivity contribution in [1.82, 2.24) is 15.1 Å². The molecule has 1 N–H and O–H groups in total. The molecule has 0 radical (unpaired) electrons. The normalized spacial score (nSPS) is 18.9. The number of ether oxygens (including phenoxy) is 2. The van der Waals surface area contributed by atoms with Crippen LogP contribution in [0.2, 0.25) is 0 Å². The second-order valence-electron chi connectivity index (χ2n) is 8.73. The lowest BCUT2D eigenvalue weighted by atomic mass is 10.0. The summed E-state index contributed by atoms with van der Waals surface area (Å²) in [6.07, 6.45) is 4.20. The number of carbonyl (C=O) groups excluding carboxylic acids is 1. The first kappa shape index (κ1) is 22.8. The molecule has 7 nitrogen and oxygen atoms in total. The number of nitrogens with zero attached hydrogens (tertiary/aromatic N) is 3. The zero-order valence-electron chi connectivity index (χ0n) is 18.5. The SMILES string of the molecule is CCNC(=NCCOCC)N1CCC(N(CC2CC2)C(=O)OC(C)(C)C)CC1. The zero-order valence-corrected chi connectivity index (χ0v) is 18.5. The van der Waals surface area contributed by atoms with Crippen molar-refractivity contribution in [2.75, 3.05) is 45.9 Å². The molecule has 2 aliphatic rings. The van der Waals surface area contributed by atoms with Crippen LogP contribution in [-0.2, 0) is 9.47 Å². The average molecular weight is 397 g/mol. The van der Waals surface area contributed by atoms with Gasteiger partial charge in [-0.2, -0.15) is 0 Å². The van der Waals surface area contributed by atoms with Crippen LogP contribution in [0.1, 0.15) is 60.3 Å². The number of rotatable bonds is 8. The van der Waals surface area contributed by atoms with Gasteiger partial charge in [-0.25, -0.2) is 4.79 Å². The minimum Gasteiger partial charge on any atom is -0.444 e. The average Bonchev–Trinajstić information content (AvgIpc) is 3.45. The summed E-state index contributed by atoms with van der Waals surface area (Å²) >= 11 is 0. The summed E-state index contributed by atoms with van der Waals surface area (Å²) in [7, 11) is 0. The van der Waals surface area contributed by atoms with Gasteiger partial charge in [-0.05, 0) is 66.2 Å². The summed E-state index contributed by atoms with van der Waals surface area (Å²) in [5.74, 6) is 1.61. The number of hydrogen-bond donors (Lipinski definition) is 1. The van der Waals surface area contributed by atoms with Crippen LogP contribution in [0, 0.1) is 5.92 Å². The molecule has 1 saturated carbocycles. The van der Waals surface area contributed by atoms with Crippen LogP contribution < -0.4 is 5.32 Å². The minimum absolute atomic E-state index is 0.157. The molecular formula is C21H40N4O3. The van der Waals surface area contributed by atoms with Gasteiger partial charge in [0.05, 0.1) is 13.2 Å². The van der Waals surface area contributed by atoms with E-state index in [9.17, 15) is 4.79 Å². The van der Waals surface area contributed by atoms with Crippen LogP contribution in [0.3, 0.4) is 0 Å². The van der Waals surface area contributed by atoms with Crippen molar-refractivity contribution in [3.63, 3.8) is 0 Å². The highest BCUT2D eigenvalue weighted by Crippen LogP contribution is 2.32. The highest BCUT2D eigenvalue weighted by Gasteiger charge is 2.35. The molecule has 0 atom stereocenters. The number of piperidine rings is 1. The lowest BCUT2D eigenvalue weighted by Gasteiger charge is -2.40. The van der Waals surface area contributed by atoms with Gasteiger partial charge < -0.3 is 24.6 Å². The van der Waals surface area contributed by atoms with Gasteiger partial charge in [0.25, 0.3) is 0 Å². The maximum absolute atomic E-state index is 12.8. The molecule has 28 heavy (non-hydrogen) atoms. The topological polar surface area (TPSA) is 66.4 Å². The molecule has 1 aliphatic heterocycles. The van der Waals surface area contributed by atoms with Gasteiger partial charge in [0.1, 0.15) is 5.60 Å². The Morgan fingerprint density at radius 3 is 2.39 bits per heavy atom. The Morgan fingerprint density at radius 2 is 1.86 bits per heavy atom. The van der Waals surface area contributed by atoms with Gasteiger partial charge in [0.15, 0.2) is 5.96 Å². The number of carbonyl (C=O) groups is 1. The van der Waals surface area contributed by atoms with Crippen molar-refractivity contribution in [2.24, 2.45) is 10.9 Å². The first-order valence-corrected chi connectivity index (χ1v) is 10.9. The Kier molecular flexibility index (Phi) is 8.86. The fraction of sp³-hybridized carbons (Fsp3) is 0.905. The molecule has 0 aromatic carbocycles. The fourth-order valence-electron chi connectivity index (χ4n) is 3.45. The quantitative estimate of drug-likeness (QED) is 0.388. The van der Waals surface area contributed by atoms with Crippen LogP contribution >= 0.6 is 0 Å². The maximum Gasteiger partial charge on any atom is 0.410 e. The highest BCUT2D eigenvalue weighted by molar-refractivity contribution is 5.80. The number of amides is 1. The van der Waals surface area contributed by atoms with Crippen LogP contribution in [0.5, 0.6) is 0 Å². The summed E-state index contributed by atoms with van der Waals surface area (Å²) in [6, 6.07) is 0.248. The fourth-order valence-corrected chi connectivity index (χ4v) is 3.45. The molecule has 1 amide bonds. The van der Waals surface area contributed by atoms with E-state index in [1.807, 2.05) is 32.6 Å². The summed E-state index contributed by atoms with van der Waals surface area (Å²) in [6.45, 7) is 15.4. The van der Waals surface area contributed by atoms with Crippen molar-refractivity contribution in [3.8, 4) is 0 Å². The molecular weight excluding hydrogens is 356 g/mol. The summed E-state index contributed by atoms with van der Waals surface area (Å²) in [5, 5.41) is 3.38. The van der Waals surface area contributed by atoms with Crippen LogP contribution in [0.4, 0.5) is 4.79 Å². The molecule has 0 unspecified atom stereocenters. The van der Waals surface area contributed by atoms with E-state index in [-0.39, 0.29) is 12.1 Å². The predicted molar refractivity (Wildman–Crippen MR) is 113 cm³/mol. The molecule has 1 heterocycles. The first-order valence-electron chi connectivity index (χ1n) is 10.9. The van der Waals surface area contributed by atoms with Crippen molar-refractivity contribution in [1.29, 1.82) is 0 Å². The molecule has 162 valence electrons. The van der Waals surface area contributed by atoms with E-state index in [0.717, 1.165) is 51.6 Å². The largest absolute Gasteiger partial charge is 0.444 e. The van der Waals surface area contributed by atoms with E-state index in [0.29, 0.717) is 19.1 Å². The Labute approximate surface area is 170 Å². The third-order valence-electron chi connectivity index (χ3n) is 5.02. The van der Waals surface area contributed by atoms with Gasteiger partial charge in [-0.1, -0.05) is 0 Å². The Morgan fingerprint density at radius 1 is 1.18 bits per heavy atom. The van der Waals surface area contributed by atoms with Crippen molar-refractivity contribution in [3.05, 3.63) is 0 Å². The molecule has 0 spiro atoms. The number of aliphatic imine (C=N–C) groups is 1. The van der Waals surface area contributed by atoms with E-state index in [4.69, 9.17) is 9.47 Å². The van der Waals surface area contributed by atoms with Gasteiger partial charge in [0.2, 0.25) is 0 Å². The predicted octanol–water partition coefficient (Wildman–Crippen LogP) is 3.10. The molecule has 0 bridgehead atoms. The third-order valence-corrected chi connectivity index (χ3v) is 5.02. The highest BCUT2D eigenvalue weighted by atomic mass is 16.6. The summed E-state index contributed by atoms with van der Waals surface area (Å²) in [5.41, 5.74) is -0.453. The number of hydrogen-bond acceptors (Lipinski definition) is 4. The van der Waals surface area contributed by atoms with Gasteiger partial charge >= 0.3 is 6.09 Å². The maximum atomic E-state index is 12.8. The lowest BCUT2D eigenvalue weighted by molar-refractivity contribution is 0.00927. The first-order chi connectivity index (χ1) is 13.3. The third kappa shape index (κ3) is 7.86. The van der Waals surface area contributed by atoms with Crippen molar-refractivity contribution >= 4 is 12.1 Å². The van der Waals surface area contributed by atoms with E-state index in [2.05, 4.69) is 22.1 Å². The van der Waals surface area contributed by atoms with E-state index in [1.54, 1.807) is 0 Å². The van der Waals surface area contributed by atoms with E-state index < -0.39 is 5.60 Å². The Bertz CT molecular complexity index is 506. The smallest absolute Gasteiger partial charge is 0.410 e. The second kappa shape index (κ2) is 10.9. The second-order valence-corrected chi connectivity index (χ2v) is 8.73. The number of guanidine groups is 1. The van der Waals surface area contributed by atoms with Gasteiger partial charge in [-0.3, -0.25) is 4.99 Å². The van der Waals surface area contributed by atoms with E-state index >= 15 is 0 Å². The van der Waals surface area contributed by atoms with Crippen LogP contribution in [0.25, 0.3) is 0 Å². The zero-order chi connectivity index (χ0) is 20.6. The molecule has 2 fully saturated rings. The van der Waals surface area contributed by atoms with Gasteiger partial charge in [0, 0.05) is 38.8 Å². The number of likely N-dealkylation sites (tertiary alicyclic amines) is 1. The molecule has 1 aliphatic carbocycles. The van der Waals surface area contributed by atoms with Crippen LogP contribution in [-0.4, -0.2) is 79.4 Å². The summed E-state index contributed by atoms with van der Waals surface area (Å²) < 4.78 is 11.1. The van der Waals surface area contributed by atoms with Gasteiger partial charge in [-0.15, -0.1) is 0 Å². The lowest BCUT2D eigenvalue weighted by Crippen LogP contribution is -2.52. The number of nitrogens with one attached hydrogen (secondary N) is 1. The van der Waals surface area contributed by atoms with Crippen molar-refractivity contribution < 1.29 is 14.3 Å². The standard InChI is InChI=1S/C21H40N4O3/c1-6-22-19(23-12-15-27-7-2)24-13-10-18(11-14-24)25(16-17-8-9-17)20(26)28-21(3,4)5/h17-18H,6-16H2,1-5H3,(H,22,23). The van der Waals surface area contributed by atoms with Crippen LogP contribution in [0.15, 0.2) is 4.99 Å². The Hall–Kier alpha value is -1.50. The van der Waals surface area contributed by atoms with E-state index in [1.165, 1.54) is 12.8 Å². The Balaban J connectivity index is 1.93.